The van der Waals surface area contributed by atoms with Crippen molar-refractivity contribution in [2.24, 2.45) is 5.16 Å². The predicted molar refractivity (Wildman–Crippen MR) is 88.7 cm³/mol. The van der Waals surface area contributed by atoms with Crippen LogP contribution in [0.1, 0.15) is 48.9 Å². The van der Waals surface area contributed by atoms with E-state index in [1.165, 1.54) is 48.9 Å². The highest BCUT2D eigenvalue weighted by atomic mass is 16.4. The lowest BCUT2D eigenvalue weighted by Crippen LogP contribution is -2.29. The van der Waals surface area contributed by atoms with E-state index in [2.05, 4.69) is 33.2 Å². The Hall–Kier alpha value is -1.81. The number of nitrogens with one attached hydrogen (secondary N) is 1. The molecule has 0 atom stereocenters. The monoisotopic (exact) mass is 297 g/mol. The molecule has 1 aromatic carbocycles. The van der Waals surface area contributed by atoms with E-state index in [0.29, 0.717) is 0 Å². The zero-order valence-electron chi connectivity index (χ0n) is 12.9. The number of fused-ring (bicyclic) bond motifs is 3. The van der Waals surface area contributed by atoms with Crippen molar-refractivity contribution in [3.8, 4) is 0 Å². The molecule has 2 heterocycles. The van der Waals surface area contributed by atoms with Gasteiger partial charge in [0.1, 0.15) is 5.71 Å². The van der Waals surface area contributed by atoms with E-state index in [-0.39, 0.29) is 0 Å². The van der Waals surface area contributed by atoms with Gasteiger partial charge in [-0.25, -0.2) is 0 Å². The van der Waals surface area contributed by atoms with Crippen LogP contribution in [0.25, 0.3) is 10.9 Å². The van der Waals surface area contributed by atoms with E-state index in [1.54, 1.807) is 0 Å². The van der Waals surface area contributed by atoms with Gasteiger partial charge in [0.05, 0.1) is 5.69 Å². The highest BCUT2D eigenvalue weighted by Gasteiger charge is 2.21. The fraction of sp³-hybridized carbons (Fsp3) is 0.500. The second-order valence-corrected chi connectivity index (χ2v) is 6.60. The first-order chi connectivity index (χ1) is 10.8. The fourth-order valence-corrected chi connectivity index (χ4v) is 3.93. The highest BCUT2D eigenvalue weighted by Crippen LogP contribution is 2.30. The second-order valence-electron chi connectivity index (χ2n) is 6.60. The van der Waals surface area contributed by atoms with E-state index in [4.69, 9.17) is 0 Å². The maximum atomic E-state index is 9.20. The van der Waals surface area contributed by atoms with Crippen molar-refractivity contribution >= 4 is 16.6 Å². The van der Waals surface area contributed by atoms with Crippen LogP contribution < -0.4 is 0 Å². The number of aromatic amines is 1. The lowest BCUT2D eigenvalue weighted by atomic mass is 9.93. The first-order valence-corrected chi connectivity index (χ1v) is 8.42. The number of rotatable bonds is 2. The molecule has 1 aliphatic heterocycles. The third kappa shape index (κ3) is 2.41. The molecule has 4 rings (SSSR count). The maximum absolute atomic E-state index is 9.20. The second kappa shape index (κ2) is 5.76. The number of benzene rings is 1. The van der Waals surface area contributed by atoms with Gasteiger partial charge in [-0.3, -0.25) is 4.90 Å². The van der Waals surface area contributed by atoms with E-state index in [0.717, 1.165) is 42.7 Å². The number of piperidine rings is 1. The van der Waals surface area contributed by atoms with Crippen LogP contribution in [0.15, 0.2) is 23.4 Å². The molecule has 1 saturated heterocycles. The first kappa shape index (κ1) is 13.8. The van der Waals surface area contributed by atoms with Crippen LogP contribution in [0.4, 0.5) is 0 Å². The Balaban J connectivity index is 1.68. The van der Waals surface area contributed by atoms with Crippen molar-refractivity contribution in [2.45, 2.75) is 45.1 Å². The molecular formula is C18H23N3O. The standard InChI is InChI=1S/C18H23N3O/c22-20-17-6-4-5-14-15-11-13(7-8-16(15)19-18(14)17)12-21-9-2-1-3-10-21/h7-8,11,19,22H,1-6,9-10,12H2/b20-17+. The van der Waals surface area contributed by atoms with Crippen LogP contribution in [-0.2, 0) is 13.0 Å². The zero-order chi connectivity index (χ0) is 14.9. The molecule has 116 valence electrons. The molecule has 4 nitrogen and oxygen atoms in total. The minimum absolute atomic E-state index is 0.801. The summed E-state index contributed by atoms with van der Waals surface area (Å²) in [5.74, 6) is 0. The molecule has 1 aliphatic carbocycles. The summed E-state index contributed by atoms with van der Waals surface area (Å²) in [5.41, 5.74) is 5.73. The minimum Gasteiger partial charge on any atom is -0.411 e. The summed E-state index contributed by atoms with van der Waals surface area (Å²) < 4.78 is 0. The van der Waals surface area contributed by atoms with Crippen molar-refractivity contribution in [2.75, 3.05) is 13.1 Å². The Morgan fingerprint density at radius 3 is 2.77 bits per heavy atom. The van der Waals surface area contributed by atoms with Gasteiger partial charge in [-0.15, -0.1) is 0 Å². The molecule has 0 unspecified atom stereocenters. The molecule has 1 aromatic heterocycles. The summed E-state index contributed by atoms with van der Waals surface area (Å²) in [5, 5.41) is 14.0. The van der Waals surface area contributed by atoms with E-state index in [1.807, 2.05) is 0 Å². The van der Waals surface area contributed by atoms with Crippen LogP contribution in [0, 0.1) is 0 Å². The maximum Gasteiger partial charge on any atom is 0.103 e. The van der Waals surface area contributed by atoms with Crippen molar-refractivity contribution in [1.82, 2.24) is 9.88 Å². The summed E-state index contributed by atoms with van der Waals surface area (Å²) in [4.78, 5) is 6.00. The minimum atomic E-state index is 0.801. The zero-order valence-corrected chi connectivity index (χ0v) is 12.9. The number of likely N-dealkylation sites (tertiary alicyclic amines) is 1. The van der Waals surface area contributed by atoms with Crippen LogP contribution in [0.5, 0.6) is 0 Å². The van der Waals surface area contributed by atoms with Gasteiger partial charge in [0, 0.05) is 17.4 Å². The molecule has 4 heteroatoms. The molecule has 0 spiro atoms. The molecule has 0 radical (unpaired) electrons. The summed E-state index contributed by atoms with van der Waals surface area (Å²) in [6, 6.07) is 6.75. The number of hydrogen-bond acceptors (Lipinski definition) is 3. The normalized spacial score (nSPS) is 21.4. The van der Waals surface area contributed by atoms with Gasteiger partial charge in [-0.2, -0.15) is 0 Å². The number of hydrogen-bond donors (Lipinski definition) is 2. The number of oxime groups is 1. The van der Waals surface area contributed by atoms with Crippen LogP contribution in [0.2, 0.25) is 0 Å². The summed E-state index contributed by atoms with van der Waals surface area (Å²) in [7, 11) is 0. The fourth-order valence-electron chi connectivity index (χ4n) is 3.93. The van der Waals surface area contributed by atoms with E-state index in [9.17, 15) is 5.21 Å². The Bertz CT molecular complexity index is 710. The lowest BCUT2D eigenvalue weighted by Gasteiger charge is -2.26. The average molecular weight is 297 g/mol. The Labute approximate surface area is 130 Å². The van der Waals surface area contributed by atoms with Gasteiger partial charge in [-0.05, 0) is 68.5 Å². The van der Waals surface area contributed by atoms with Crippen LogP contribution in [-0.4, -0.2) is 33.9 Å². The predicted octanol–water partition coefficient (Wildman–Crippen LogP) is 3.67. The molecule has 0 saturated carbocycles. The van der Waals surface area contributed by atoms with Gasteiger partial charge in [0.2, 0.25) is 0 Å². The topological polar surface area (TPSA) is 51.6 Å². The van der Waals surface area contributed by atoms with Crippen molar-refractivity contribution in [3.63, 3.8) is 0 Å². The SMILES string of the molecule is O/N=C1\CCCc2c1[nH]c1ccc(CN3CCCCC3)cc21. The number of aryl methyl sites for hydroxylation is 1. The summed E-state index contributed by atoms with van der Waals surface area (Å²) >= 11 is 0. The van der Waals surface area contributed by atoms with E-state index >= 15 is 0 Å². The Morgan fingerprint density at radius 2 is 1.95 bits per heavy atom. The molecule has 1 fully saturated rings. The molecule has 2 aromatic rings. The van der Waals surface area contributed by atoms with Crippen molar-refractivity contribution in [1.29, 1.82) is 0 Å². The summed E-state index contributed by atoms with van der Waals surface area (Å²) in [6.07, 6.45) is 7.04. The number of H-pyrrole nitrogens is 1. The van der Waals surface area contributed by atoms with Crippen LogP contribution in [0.3, 0.4) is 0 Å². The van der Waals surface area contributed by atoms with Gasteiger partial charge in [0.15, 0.2) is 0 Å². The average Bonchev–Trinajstić information content (AvgIpc) is 2.94. The number of nitrogens with zero attached hydrogens (tertiary/aromatic N) is 2. The molecule has 0 amide bonds. The third-order valence-electron chi connectivity index (χ3n) is 5.08. The smallest absolute Gasteiger partial charge is 0.103 e. The molecule has 0 bridgehead atoms. The van der Waals surface area contributed by atoms with Gasteiger partial charge in [-0.1, -0.05) is 17.6 Å². The van der Waals surface area contributed by atoms with Gasteiger partial charge >= 0.3 is 0 Å². The highest BCUT2D eigenvalue weighted by molar-refractivity contribution is 6.06. The van der Waals surface area contributed by atoms with Crippen molar-refractivity contribution in [3.05, 3.63) is 35.0 Å². The quantitative estimate of drug-likeness (QED) is 0.656. The lowest BCUT2D eigenvalue weighted by molar-refractivity contribution is 0.221. The first-order valence-electron chi connectivity index (χ1n) is 8.42. The Kier molecular flexibility index (Phi) is 3.62. The number of aromatic nitrogens is 1. The van der Waals surface area contributed by atoms with Gasteiger partial charge < -0.3 is 10.2 Å². The molecule has 22 heavy (non-hydrogen) atoms. The molecular weight excluding hydrogens is 274 g/mol. The largest absolute Gasteiger partial charge is 0.411 e. The molecule has 2 N–H and O–H groups in total. The third-order valence-corrected chi connectivity index (χ3v) is 5.08. The molecule has 2 aliphatic rings. The van der Waals surface area contributed by atoms with Crippen molar-refractivity contribution < 1.29 is 5.21 Å². The van der Waals surface area contributed by atoms with E-state index < -0.39 is 0 Å². The summed E-state index contributed by atoms with van der Waals surface area (Å²) in [6.45, 7) is 3.51. The Morgan fingerprint density at radius 1 is 1.09 bits per heavy atom. The van der Waals surface area contributed by atoms with Gasteiger partial charge in [0.25, 0.3) is 0 Å². The van der Waals surface area contributed by atoms with Crippen LogP contribution >= 0.6 is 0 Å².